The number of rotatable bonds is 2. The van der Waals surface area contributed by atoms with Crippen molar-refractivity contribution in [2.24, 2.45) is 0 Å². The summed E-state index contributed by atoms with van der Waals surface area (Å²) in [6, 6.07) is 8.87. The molecule has 2 aromatic rings. The van der Waals surface area contributed by atoms with E-state index in [1.165, 1.54) is 43.1 Å². The zero-order chi connectivity index (χ0) is 10.3. The predicted octanol–water partition coefficient (Wildman–Crippen LogP) is 3.54. The van der Waals surface area contributed by atoms with E-state index >= 15 is 0 Å². The molecule has 1 heteroatoms. The quantitative estimate of drug-likeness (QED) is 0.697. The van der Waals surface area contributed by atoms with Gasteiger partial charge < -0.3 is 4.57 Å². The van der Waals surface area contributed by atoms with Gasteiger partial charge in [-0.1, -0.05) is 25.1 Å². The molecule has 1 aliphatic carbocycles. The van der Waals surface area contributed by atoms with Crippen LogP contribution in [-0.2, 0) is 19.4 Å². The van der Waals surface area contributed by atoms with Crippen molar-refractivity contribution in [3.05, 3.63) is 35.5 Å². The van der Waals surface area contributed by atoms with E-state index in [9.17, 15) is 0 Å². The standard InChI is InChI=1S/C14H17N/c1-2-10-15-13-8-4-3-6-11(13)12-7-5-9-14(12)15/h3-4,6,8H,2,5,7,9-10H2,1H3. The highest BCUT2D eigenvalue weighted by molar-refractivity contribution is 5.86. The molecular weight excluding hydrogens is 182 g/mol. The lowest BCUT2D eigenvalue weighted by molar-refractivity contribution is 0.670. The van der Waals surface area contributed by atoms with E-state index in [4.69, 9.17) is 0 Å². The highest BCUT2D eigenvalue weighted by Crippen LogP contribution is 2.32. The number of para-hydroxylation sites is 1. The molecule has 0 saturated heterocycles. The Kier molecular flexibility index (Phi) is 2.05. The van der Waals surface area contributed by atoms with Crippen molar-refractivity contribution in [1.82, 2.24) is 4.57 Å². The molecule has 0 aliphatic heterocycles. The van der Waals surface area contributed by atoms with Crippen LogP contribution in [0.25, 0.3) is 10.9 Å². The average molecular weight is 199 g/mol. The average Bonchev–Trinajstić information content (AvgIpc) is 2.82. The van der Waals surface area contributed by atoms with Gasteiger partial charge in [-0.3, -0.25) is 0 Å². The molecule has 0 amide bonds. The van der Waals surface area contributed by atoms with Crippen molar-refractivity contribution >= 4 is 10.9 Å². The van der Waals surface area contributed by atoms with Gasteiger partial charge in [0, 0.05) is 23.1 Å². The van der Waals surface area contributed by atoms with Crippen molar-refractivity contribution in [2.45, 2.75) is 39.2 Å². The summed E-state index contributed by atoms with van der Waals surface area (Å²) in [5.74, 6) is 0. The highest BCUT2D eigenvalue weighted by Gasteiger charge is 2.20. The van der Waals surface area contributed by atoms with E-state index in [2.05, 4.69) is 35.8 Å². The number of nitrogens with zero attached hydrogens (tertiary/aromatic N) is 1. The lowest BCUT2D eigenvalue weighted by atomic mass is 10.1. The summed E-state index contributed by atoms with van der Waals surface area (Å²) in [7, 11) is 0. The van der Waals surface area contributed by atoms with Crippen molar-refractivity contribution in [1.29, 1.82) is 0 Å². The van der Waals surface area contributed by atoms with Crippen LogP contribution in [0.5, 0.6) is 0 Å². The number of aryl methyl sites for hydroxylation is 2. The van der Waals surface area contributed by atoms with E-state index in [0.29, 0.717) is 0 Å². The minimum atomic E-state index is 1.18. The van der Waals surface area contributed by atoms with Gasteiger partial charge in [-0.2, -0.15) is 0 Å². The first-order valence-corrected chi connectivity index (χ1v) is 6.01. The van der Waals surface area contributed by atoms with Gasteiger partial charge in [-0.15, -0.1) is 0 Å². The Morgan fingerprint density at radius 3 is 2.93 bits per heavy atom. The maximum absolute atomic E-state index is 2.54. The molecule has 1 aliphatic rings. The summed E-state index contributed by atoms with van der Waals surface area (Å²) >= 11 is 0. The maximum Gasteiger partial charge on any atom is 0.0485 e. The fourth-order valence-electron chi connectivity index (χ4n) is 2.90. The van der Waals surface area contributed by atoms with Crippen molar-refractivity contribution < 1.29 is 0 Å². The molecule has 1 aromatic heterocycles. The van der Waals surface area contributed by atoms with Crippen molar-refractivity contribution in [2.75, 3.05) is 0 Å². The maximum atomic E-state index is 2.54. The van der Waals surface area contributed by atoms with Crippen LogP contribution >= 0.6 is 0 Å². The second kappa shape index (κ2) is 3.41. The van der Waals surface area contributed by atoms with Gasteiger partial charge in [0.1, 0.15) is 0 Å². The van der Waals surface area contributed by atoms with Crippen LogP contribution in [0.3, 0.4) is 0 Å². The second-order valence-corrected chi connectivity index (χ2v) is 4.45. The van der Waals surface area contributed by atoms with Crippen molar-refractivity contribution in [3.8, 4) is 0 Å². The minimum Gasteiger partial charge on any atom is -0.344 e. The molecule has 0 bridgehead atoms. The summed E-state index contributed by atoms with van der Waals surface area (Å²) in [6.07, 6.45) is 5.14. The Labute approximate surface area is 90.7 Å². The van der Waals surface area contributed by atoms with Crippen molar-refractivity contribution in [3.63, 3.8) is 0 Å². The third kappa shape index (κ3) is 1.22. The predicted molar refractivity (Wildman–Crippen MR) is 64.3 cm³/mol. The van der Waals surface area contributed by atoms with Crippen LogP contribution in [0.15, 0.2) is 24.3 Å². The normalized spacial score (nSPS) is 14.7. The van der Waals surface area contributed by atoms with Gasteiger partial charge in [0.2, 0.25) is 0 Å². The first-order chi connectivity index (χ1) is 7.42. The highest BCUT2D eigenvalue weighted by atomic mass is 15.0. The molecule has 1 nitrogen and oxygen atoms in total. The first kappa shape index (κ1) is 9.02. The Hall–Kier alpha value is -1.24. The Morgan fingerprint density at radius 1 is 1.20 bits per heavy atom. The Morgan fingerprint density at radius 2 is 2.07 bits per heavy atom. The van der Waals surface area contributed by atoms with Crippen LogP contribution in [0.1, 0.15) is 31.0 Å². The molecule has 1 aromatic carbocycles. The molecule has 0 N–H and O–H groups in total. The molecule has 1 heterocycles. The molecule has 15 heavy (non-hydrogen) atoms. The molecule has 0 spiro atoms. The summed E-state index contributed by atoms with van der Waals surface area (Å²) in [5, 5.41) is 1.50. The Balaban J connectivity index is 2.31. The second-order valence-electron chi connectivity index (χ2n) is 4.45. The van der Waals surface area contributed by atoms with E-state index in [1.54, 1.807) is 11.3 Å². The summed E-state index contributed by atoms with van der Waals surface area (Å²) in [5.41, 5.74) is 4.68. The molecule has 0 atom stereocenters. The summed E-state index contributed by atoms with van der Waals surface area (Å²) in [6.45, 7) is 3.44. The van der Waals surface area contributed by atoms with Gasteiger partial charge in [-0.25, -0.2) is 0 Å². The van der Waals surface area contributed by atoms with E-state index < -0.39 is 0 Å². The monoisotopic (exact) mass is 199 g/mol. The molecule has 78 valence electrons. The lowest BCUT2D eigenvalue weighted by Gasteiger charge is -2.07. The molecular formula is C14H17N. The van der Waals surface area contributed by atoms with Crippen LogP contribution in [0.2, 0.25) is 0 Å². The third-order valence-electron chi connectivity index (χ3n) is 3.48. The number of hydrogen-bond acceptors (Lipinski definition) is 0. The third-order valence-corrected chi connectivity index (χ3v) is 3.48. The molecule has 0 saturated carbocycles. The van der Waals surface area contributed by atoms with Crippen LogP contribution in [0, 0.1) is 0 Å². The van der Waals surface area contributed by atoms with Gasteiger partial charge in [0.25, 0.3) is 0 Å². The fourth-order valence-corrected chi connectivity index (χ4v) is 2.90. The van der Waals surface area contributed by atoms with Crippen LogP contribution in [-0.4, -0.2) is 4.57 Å². The molecule has 0 fully saturated rings. The zero-order valence-electron chi connectivity index (χ0n) is 9.29. The SMILES string of the molecule is CCCn1c2c(c3ccccc31)CCC2. The topological polar surface area (TPSA) is 4.93 Å². The fraction of sp³-hybridized carbons (Fsp3) is 0.429. The van der Waals surface area contributed by atoms with Crippen LogP contribution < -0.4 is 0 Å². The van der Waals surface area contributed by atoms with E-state index in [1.807, 2.05) is 0 Å². The summed E-state index contributed by atoms with van der Waals surface area (Å²) in [4.78, 5) is 0. The smallest absolute Gasteiger partial charge is 0.0485 e. The zero-order valence-corrected chi connectivity index (χ0v) is 9.29. The molecule has 0 unspecified atom stereocenters. The number of benzene rings is 1. The number of hydrogen-bond donors (Lipinski definition) is 0. The van der Waals surface area contributed by atoms with E-state index in [0.717, 1.165) is 0 Å². The van der Waals surface area contributed by atoms with Gasteiger partial charge >= 0.3 is 0 Å². The van der Waals surface area contributed by atoms with Crippen LogP contribution in [0.4, 0.5) is 0 Å². The number of aromatic nitrogens is 1. The van der Waals surface area contributed by atoms with E-state index in [-0.39, 0.29) is 0 Å². The van der Waals surface area contributed by atoms with Gasteiger partial charge in [0.05, 0.1) is 0 Å². The summed E-state index contributed by atoms with van der Waals surface area (Å²) < 4.78 is 2.54. The number of fused-ring (bicyclic) bond motifs is 3. The van der Waals surface area contributed by atoms with Gasteiger partial charge in [-0.05, 0) is 37.3 Å². The first-order valence-electron chi connectivity index (χ1n) is 6.01. The lowest BCUT2D eigenvalue weighted by Crippen LogP contribution is -2.00. The minimum absolute atomic E-state index is 1.18. The van der Waals surface area contributed by atoms with Gasteiger partial charge in [0.15, 0.2) is 0 Å². The molecule has 3 rings (SSSR count). The molecule has 0 radical (unpaired) electrons. The largest absolute Gasteiger partial charge is 0.344 e. The Bertz CT molecular complexity index is 493.